The number of halogens is 1. The quantitative estimate of drug-likeness (QED) is 0.681. The number of carbonyl (C=O) groups excluding carboxylic acids is 1. The molecule has 0 atom stereocenters. The third kappa shape index (κ3) is 3.21. The van der Waals surface area contributed by atoms with Crippen molar-refractivity contribution in [1.29, 1.82) is 0 Å². The zero-order valence-corrected chi connectivity index (χ0v) is 12.2. The molecule has 0 saturated heterocycles. The van der Waals surface area contributed by atoms with E-state index in [1.165, 1.54) is 19.1 Å². The Labute approximate surface area is 123 Å². The van der Waals surface area contributed by atoms with Crippen LogP contribution in [0.3, 0.4) is 0 Å². The summed E-state index contributed by atoms with van der Waals surface area (Å²) in [5, 5.41) is 13.4. The number of amides is 1. The van der Waals surface area contributed by atoms with Gasteiger partial charge >= 0.3 is 0 Å². The Morgan fingerprint density at radius 3 is 2.40 bits per heavy atom. The highest BCUT2D eigenvalue weighted by Crippen LogP contribution is 2.32. The Morgan fingerprint density at radius 2 is 1.85 bits per heavy atom. The van der Waals surface area contributed by atoms with Crippen molar-refractivity contribution in [3.05, 3.63) is 57.1 Å². The van der Waals surface area contributed by atoms with Crippen molar-refractivity contribution >= 4 is 33.2 Å². The largest absolute Gasteiger partial charge is 0.326 e. The Hall–Kier alpha value is -2.21. The summed E-state index contributed by atoms with van der Waals surface area (Å²) < 4.78 is 0.861. The molecule has 5 nitrogen and oxygen atoms in total. The maximum atomic E-state index is 11.2. The van der Waals surface area contributed by atoms with E-state index in [2.05, 4.69) is 21.2 Å². The van der Waals surface area contributed by atoms with Gasteiger partial charge in [-0.05, 0) is 35.9 Å². The molecule has 0 radical (unpaired) electrons. The Morgan fingerprint density at radius 1 is 1.20 bits per heavy atom. The van der Waals surface area contributed by atoms with Crippen LogP contribution in [0.15, 0.2) is 46.9 Å². The standard InChI is InChI=1S/C14H11BrN2O3/c1-9(18)16-14-7-4-11(15)8-13(14)10-2-5-12(6-3-10)17(19)20/h2-8H,1H3,(H,16,18). The highest BCUT2D eigenvalue weighted by Gasteiger charge is 2.10. The third-order valence-electron chi connectivity index (χ3n) is 2.68. The summed E-state index contributed by atoms with van der Waals surface area (Å²) in [4.78, 5) is 21.4. The molecule has 6 heteroatoms. The van der Waals surface area contributed by atoms with Gasteiger partial charge in [0, 0.05) is 34.8 Å². The lowest BCUT2D eigenvalue weighted by Crippen LogP contribution is -2.06. The van der Waals surface area contributed by atoms with Crippen molar-refractivity contribution in [2.75, 3.05) is 5.32 Å². The van der Waals surface area contributed by atoms with Gasteiger partial charge in [0.15, 0.2) is 0 Å². The van der Waals surface area contributed by atoms with Crippen molar-refractivity contribution in [3.8, 4) is 11.1 Å². The SMILES string of the molecule is CC(=O)Nc1ccc(Br)cc1-c1ccc([N+](=O)[O-])cc1. The van der Waals surface area contributed by atoms with Crippen LogP contribution >= 0.6 is 15.9 Å². The topological polar surface area (TPSA) is 72.2 Å². The van der Waals surface area contributed by atoms with E-state index in [1.54, 1.807) is 18.2 Å². The first-order valence-electron chi connectivity index (χ1n) is 5.79. The smallest absolute Gasteiger partial charge is 0.269 e. The van der Waals surface area contributed by atoms with Crippen molar-refractivity contribution < 1.29 is 9.72 Å². The van der Waals surface area contributed by atoms with Crippen LogP contribution in [0, 0.1) is 10.1 Å². The summed E-state index contributed by atoms with van der Waals surface area (Å²) in [6, 6.07) is 11.6. The number of anilines is 1. The second kappa shape index (κ2) is 5.83. The van der Waals surface area contributed by atoms with E-state index >= 15 is 0 Å². The number of nitro groups is 1. The molecule has 0 saturated carbocycles. The number of hydrogen-bond acceptors (Lipinski definition) is 3. The molecule has 0 aliphatic rings. The minimum atomic E-state index is -0.445. The van der Waals surface area contributed by atoms with Gasteiger partial charge in [0.2, 0.25) is 5.91 Å². The number of nitro benzene ring substituents is 1. The van der Waals surface area contributed by atoms with Gasteiger partial charge in [0.1, 0.15) is 0 Å². The average Bonchev–Trinajstić information content (AvgIpc) is 2.40. The number of benzene rings is 2. The predicted octanol–water partition coefficient (Wildman–Crippen LogP) is 3.98. The molecule has 0 aliphatic carbocycles. The van der Waals surface area contributed by atoms with E-state index in [0.717, 1.165) is 15.6 Å². The fraction of sp³-hybridized carbons (Fsp3) is 0.0714. The van der Waals surface area contributed by atoms with Crippen LogP contribution in [0.2, 0.25) is 0 Å². The maximum Gasteiger partial charge on any atom is 0.269 e. The molecular weight excluding hydrogens is 324 g/mol. The first kappa shape index (κ1) is 14.2. The molecule has 1 amide bonds. The van der Waals surface area contributed by atoms with E-state index in [1.807, 2.05) is 12.1 Å². The van der Waals surface area contributed by atoms with Gasteiger partial charge in [-0.15, -0.1) is 0 Å². The summed E-state index contributed by atoms with van der Waals surface area (Å²) in [5.41, 5.74) is 2.28. The molecule has 20 heavy (non-hydrogen) atoms. The van der Waals surface area contributed by atoms with E-state index in [4.69, 9.17) is 0 Å². The molecule has 0 bridgehead atoms. The monoisotopic (exact) mass is 334 g/mol. The molecule has 102 valence electrons. The molecular formula is C14H11BrN2O3. The molecule has 2 rings (SSSR count). The first-order chi connectivity index (χ1) is 9.47. The number of nitrogens with one attached hydrogen (secondary N) is 1. The minimum Gasteiger partial charge on any atom is -0.326 e. The minimum absolute atomic E-state index is 0.0322. The summed E-state index contributed by atoms with van der Waals surface area (Å²) in [5.74, 6) is -0.171. The second-order valence-electron chi connectivity index (χ2n) is 4.18. The molecule has 0 heterocycles. The third-order valence-corrected chi connectivity index (χ3v) is 3.17. The van der Waals surface area contributed by atoms with Gasteiger partial charge in [0.25, 0.3) is 5.69 Å². The van der Waals surface area contributed by atoms with Crippen LogP contribution in [0.4, 0.5) is 11.4 Å². The molecule has 2 aromatic carbocycles. The van der Waals surface area contributed by atoms with E-state index < -0.39 is 4.92 Å². The average molecular weight is 335 g/mol. The Kier molecular flexibility index (Phi) is 4.14. The Balaban J connectivity index is 2.47. The summed E-state index contributed by atoms with van der Waals surface area (Å²) in [7, 11) is 0. The number of nitrogens with zero attached hydrogens (tertiary/aromatic N) is 1. The van der Waals surface area contributed by atoms with E-state index in [0.29, 0.717) is 5.69 Å². The van der Waals surface area contributed by atoms with Gasteiger partial charge < -0.3 is 5.32 Å². The Bertz CT molecular complexity index is 669. The van der Waals surface area contributed by atoms with Gasteiger partial charge in [-0.25, -0.2) is 0 Å². The van der Waals surface area contributed by atoms with Crippen molar-refractivity contribution in [1.82, 2.24) is 0 Å². The lowest BCUT2D eigenvalue weighted by atomic mass is 10.0. The van der Waals surface area contributed by atoms with Crippen LogP contribution in [0.5, 0.6) is 0 Å². The fourth-order valence-electron chi connectivity index (χ4n) is 1.82. The summed E-state index contributed by atoms with van der Waals surface area (Å²) in [6.07, 6.45) is 0. The van der Waals surface area contributed by atoms with Crippen LogP contribution in [-0.4, -0.2) is 10.8 Å². The summed E-state index contributed by atoms with van der Waals surface area (Å²) >= 11 is 3.38. The summed E-state index contributed by atoms with van der Waals surface area (Å²) in [6.45, 7) is 1.43. The van der Waals surface area contributed by atoms with Gasteiger partial charge in [0.05, 0.1) is 4.92 Å². The molecule has 2 aromatic rings. The predicted molar refractivity (Wildman–Crippen MR) is 80.5 cm³/mol. The van der Waals surface area contributed by atoms with Gasteiger partial charge in [-0.3, -0.25) is 14.9 Å². The van der Waals surface area contributed by atoms with Crippen molar-refractivity contribution in [2.24, 2.45) is 0 Å². The molecule has 0 aliphatic heterocycles. The van der Waals surface area contributed by atoms with Crippen LogP contribution in [-0.2, 0) is 4.79 Å². The zero-order valence-electron chi connectivity index (χ0n) is 10.6. The zero-order chi connectivity index (χ0) is 14.7. The first-order valence-corrected chi connectivity index (χ1v) is 6.58. The van der Waals surface area contributed by atoms with Crippen LogP contribution in [0.1, 0.15) is 6.92 Å². The second-order valence-corrected chi connectivity index (χ2v) is 5.09. The highest BCUT2D eigenvalue weighted by atomic mass is 79.9. The van der Waals surface area contributed by atoms with E-state index in [-0.39, 0.29) is 11.6 Å². The van der Waals surface area contributed by atoms with E-state index in [9.17, 15) is 14.9 Å². The van der Waals surface area contributed by atoms with Crippen LogP contribution in [0.25, 0.3) is 11.1 Å². The van der Waals surface area contributed by atoms with Crippen LogP contribution < -0.4 is 5.32 Å². The fourth-order valence-corrected chi connectivity index (χ4v) is 2.18. The molecule has 0 fully saturated rings. The molecule has 0 unspecified atom stereocenters. The van der Waals surface area contributed by atoms with Crippen molar-refractivity contribution in [2.45, 2.75) is 6.92 Å². The normalized spacial score (nSPS) is 10.1. The van der Waals surface area contributed by atoms with Gasteiger partial charge in [-0.1, -0.05) is 15.9 Å². The number of hydrogen-bond donors (Lipinski definition) is 1. The molecule has 0 spiro atoms. The number of carbonyl (C=O) groups is 1. The van der Waals surface area contributed by atoms with Crippen molar-refractivity contribution in [3.63, 3.8) is 0 Å². The highest BCUT2D eigenvalue weighted by molar-refractivity contribution is 9.10. The maximum absolute atomic E-state index is 11.2. The number of non-ortho nitro benzene ring substituents is 1. The van der Waals surface area contributed by atoms with Gasteiger partial charge in [-0.2, -0.15) is 0 Å². The number of rotatable bonds is 3. The molecule has 0 aromatic heterocycles. The lowest BCUT2D eigenvalue weighted by molar-refractivity contribution is -0.384. The lowest BCUT2D eigenvalue weighted by Gasteiger charge is -2.10. The molecule has 1 N–H and O–H groups in total.